The van der Waals surface area contributed by atoms with Gasteiger partial charge in [-0.05, 0) is 25.2 Å². The Morgan fingerprint density at radius 1 is 1.47 bits per heavy atom. The molecule has 1 rings (SSSR count). The summed E-state index contributed by atoms with van der Waals surface area (Å²) in [7, 11) is 1.87. The number of carbonyl (C=O) groups excluding carboxylic acids is 1. The number of rotatable bonds is 5. The van der Waals surface area contributed by atoms with E-state index in [0.29, 0.717) is 6.54 Å². The van der Waals surface area contributed by atoms with Gasteiger partial charge in [0.1, 0.15) is 0 Å². The first-order valence-electron chi connectivity index (χ1n) is 6.18. The predicted molar refractivity (Wildman–Crippen MR) is 71.3 cm³/mol. The summed E-state index contributed by atoms with van der Waals surface area (Å²) in [4.78, 5) is 13.6. The zero-order chi connectivity index (χ0) is 12.0. The molecular formula is C12H25ClN2O2. The molecule has 0 spiro atoms. The van der Waals surface area contributed by atoms with Crippen LogP contribution in [0.5, 0.6) is 0 Å². The molecule has 0 radical (unpaired) electrons. The van der Waals surface area contributed by atoms with E-state index in [-0.39, 0.29) is 24.2 Å². The van der Waals surface area contributed by atoms with Gasteiger partial charge in [0.2, 0.25) is 5.91 Å². The number of nitrogens with two attached hydrogens (primary N) is 1. The minimum Gasteiger partial charge on any atom is -0.381 e. The standard InChI is InChI=1S/C12H24N2O2.ClH/c1-10(9-13)12(15)14(2)6-3-11-4-7-16-8-5-11;/h10-11H,3-9,13H2,1-2H3;1H. The molecule has 17 heavy (non-hydrogen) atoms. The van der Waals surface area contributed by atoms with E-state index in [1.807, 2.05) is 18.9 Å². The third-order valence-electron chi connectivity index (χ3n) is 3.36. The minimum absolute atomic E-state index is 0. The van der Waals surface area contributed by atoms with Crippen molar-refractivity contribution in [3.63, 3.8) is 0 Å². The fourth-order valence-electron chi connectivity index (χ4n) is 2.00. The molecule has 1 unspecified atom stereocenters. The highest BCUT2D eigenvalue weighted by atomic mass is 35.5. The fraction of sp³-hybridized carbons (Fsp3) is 0.917. The van der Waals surface area contributed by atoms with E-state index in [4.69, 9.17) is 10.5 Å². The maximum Gasteiger partial charge on any atom is 0.226 e. The molecule has 1 aliphatic rings. The Bertz CT molecular complexity index is 221. The molecule has 0 aliphatic carbocycles. The molecule has 1 amide bonds. The van der Waals surface area contributed by atoms with Gasteiger partial charge in [0.15, 0.2) is 0 Å². The molecule has 1 saturated heterocycles. The average Bonchev–Trinajstić information content (AvgIpc) is 2.35. The van der Waals surface area contributed by atoms with E-state index >= 15 is 0 Å². The van der Waals surface area contributed by atoms with Gasteiger partial charge in [-0.1, -0.05) is 6.92 Å². The van der Waals surface area contributed by atoms with Crippen LogP contribution >= 0.6 is 12.4 Å². The zero-order valence-electron chi connectivity index (χ0n) is 10.9. The first kappa shape index (κ1) is 16.7. The van der Waals surface area contributed by atoms with Gasteiger partial charge in [0, 0.05) is 39.3 Å². The minimum atomic E-state index is -0.0558. The molecule has 1 aliphatic heterocycles. The summed E-state index contributed by atoms with van der Waals surface area (Å²) in [6, 6.07) is 0. The molecule has 0 bridgehead atoms. The van der Waals surface area contributed by atoms with Crippen molar-refractivity contribution in [1.29, 1.82) is 0 Å². The van der Waals surface area contributed by atoms with Crippen molar-refractivity contribution in [2.75, 3.05) is 33.4 Å². The van der Waals surface area contributed by atoms with Crippen LogP contribution in [-0.4, -0.2) is 44.2 Å². The monoisotopic (exact) mass is 264 g/mol. The quantitative estimate of drug-likeness (QED) is 0.814. The molecule has 0 aromatic carbocycles. The lowest BCUT2D eigenvalue weighted by Crippen LogP contribution is -2.36. The number of hydrogen-bond acceptors (Lipinski definition) is 3. The van der Waals surface area contributed by atoms with Crippen molar-refractivity contribution < 1.29 is 9.53 Å². The Balaban J connectivity index is 0.00000256. The van der Waals surface area contributed by atoms with E-state index in [0.717, 1.165) is 44.9 Å². The molecule has 5 heteroatoms. The molecule has 1 atom stereocenters. The van der Waals surface area contributed by atoms with Crippen LogP contribution in [0.4, 0.5) is 0 Å². The Labute approximate surface area is 110 Å². The third kappa shape index (κ3) is 5.70. The molecule has 2 N–H and O–H groups in total. The largest absolute Gasteiger partial charge is 0.381 e. The van der Waals surface area contributed by atoms with Crippen molar-refractivity contribution >= 4 is 18.3 Å². The second kappa shape index (κ2) is 8.72. The third-order valence-corrected chi connectivity index (χ3v) is 3.36. The number of ether oxygens (including phenoxy) is 1. The highest BCUT2D eigenvalue weighted by Gasteiger charge is 2.18. The molecule has 1 heterocycles. The van der Waals surface area contributed by atoms with Crippen LogP contribution in [0.15, 0.2) is 0 Å². The van der Waals surface area contributed by atoms with E-state index in [9.17, 15) is 4.79 Å². The van der Waals surface area contributed by atoms with Gasteiger partial charge >= 0.3 is 0 Å². The first-order valence-corrected chi connectivity index (χ1v) is 6.18. The second-order valence-corrected chi connectivity index (χ2v) is 4.74. The van der Waals surface area contributed by atoms with Crippen LogP contribution in [0.3, 0.4) is 0 Å². The van der Waals surface area contributed by atoms with Gasteiger partial charge in [-0.2, -0.15) is 0 Å². The number of carbonyl (C=O) groups is 1. The summed E-state index contributed by atoms with van der Waals surface area (Å²) in [5.41, 5.74) is 5.49. The Morgan fingerprint density at radius 3 is 2.59 bits per heavy atom. The number of nitrogens with zero attached hydrogens (tertiary/aromatic N) is 1. The Morgan fingerprint density at radius 2 is 2.06 bits per heavy atom. The molecule has 0 saturated carbocycles. The van der Waals surface area contributed by atoms with Crippen molar-refractivity contribution in [2.45, 2.75) is 26.2 Å². The summed E-state index contributed by atoms with van der Waals surface area (Å²) >= 11 is 0. The SMILES string of the molecule is CC(CN)C(=O)N(C)CCC1CCOCC1.Cl. The normalized spacial score (nSPS) is 18.3. The van der Waals surface area contributed by atoms with Crippen molar-refractivity contribution in [2.24, 2.45) is 17.6 Å². The van der Waals surface area contributed by atoms with E-state index < -0.39 is 0 Å². The first-order chi connectivity index (χ1) is 7.65. The number of halogens is 1. The van der Waals surface area contributed by atoms with Gasteiger partial charge in [0.25, 0.3) is 0 Å². The van der Waals surface area contributed by atoms with Gasteiger partial charge in [-0.15, -0.1) is 12.4 Å². The van der Waals surface area contributed by atoms with Crippen LogP contribution in [0.1, 0.15) is 26.2 Å². The lowest BCUT2D eigenvalue weighted by Gasteiger charge is -2.26. The maximum atomic E-state index is 11.8. The molecule has 0 aromatic heterocycles. The highest BCUT2D eigenvalue weighted by molar-refractivity contribution is 5.85. The Kier molecular flexibility index (Phi) is 8.56. The summed E-state index contributed by atoms with van der Waals surface area (Å²) in [6.07, 6.45) is 3.35. The lowest BCUT2D eigenvalue weighted by atomic mass is 9.96. The number of amides is 1. The second-order valence-electron chi connectivity index (χ2n) is 4.74. The van der Waals surface area contributed by atoms with Crippen LogP contribution in [0, 0.1) is 11.8 Å². The summed E-state index contributed by atoms with van der Waals surface area (Å²) in [5, 5.41) is 0. The predicted octanol–water partition coefficient (Wildman–Crippen LogP) is 1.28. The van der Waals surface area contributed by atoms with E-state index in [1.165, 1.54) is 0 Å². The van der Waals surface area contributed by atoms with Crippen molar-refractivity contribution in [3.8, 4) is 0 Å². The van der Waals surface area contributed by atoms with Crippen molar-refractivity contribution in [1.82, 2.24) is 4.90 Å². The van der Waals surface area contributed by atoms with Gasteiger partial charge in [-0.25, -0.2) is 0 Å². The Hall–Kier alpha value is -0.320. The average molecular weight is 265 g/mol. The molecule has 102 valence electrons. The smallest absolute Gasteiger partial charge is 0.226 e. The van der Waals surface area contributed by atoms with Gasteiger partial charge in [0.05, 0.1) is 0 Å². The maximum absolute atomic E-state index is 11.8. The lowest BCUT2D eigenvalue weighted by molar-refractivity contribution is -0.133. The molecule has 4 nitrogen and oxygen atoms in total. The van der Waals surface area contributed by atoms with Gasteiger partial charge in [-0.3, -0.25) is 4.79 Å². The number of hydrogen-bond donors (Lipinski definition) is 1. The highest BCUT2D eigenvalue weighted by Crippen LogP contribution is 2.18. The van der Waals surface area contributed by atoms with Crippen LogP contribution in [0.25, 0.3) is 0 Å². The summed E-state index contributed by atoms with van der Waals surface area (Å²) in [6.45, 7) is 4.91. The van der Waals surface area contributed by atoms with E-state index in [2.05, 4.69) is 0 Å². The van der Waals surface area contributed by atoms with Crippen LogP contribution < -0.4 is 5.73 Å². The molecule has 0 aromatic rings. The van der Waals surface area contributed by atoms with Crippen molar-refractivity contribution in [3.05, 3.63) is 0 Å². The molecule has 1 fully saturated rings. The van der Waals surface area contributed by atoms with Crippen LogP contribution in [0.2, 0.25) is 0 Å². The summed E-state index contributed by atoms with van der Waals surface area (Å²) in [5.74, 6) is 0.825. The summed E-state index contributed by atoms with van der Waals surface area (Å²) < 4.78 is 5.31. The van der Waals surface area contributed by atoms with Gasteiger partial charge < -0.3 is 15.4 Å². The molecular weight excluding hydrogens is 240 g/mol. The zero-order valence-corrected chi connectivity index (χ0v) is 11.7. The fourth-order valence-corrected chi connectivity index (χ4v) is 2.00. The van der Waals surface area contributed by atoms with E-state index in [1.54, 1.807) is 0 Å². The van der Waals surface area contributed by atoms with Crippen LogP contribution in [-0.2, 0) is 9.53 Å². The topological polar surface area (TPSA) is 55.6 Å².